The average Bonchev–Trinajstić information content (AvgIpc) is 2.22. The minimum atomic E-state index is -5.27. The van der Waals surface area contributed by atoms with Crippen LogP contribution >= 0.6 is 0 Å². The number of hydrogen-bond acceptors (Lipinski definition) is 0. The van der Waals surface area contributed by atoms with Crippen molar-refractivity contribution in [1.29, 1.82) is 0 Å². The highest BCUT2D eigenvalue weighted by molar-refractivity contribution is 5.07. The van der Waals surface area contributed by atoms with Gasteiger partial charge in [-0.2, -0.15) is 13.2 Å². The van der Waals surface area contributed by atoms with Gasteiger partial charge in [-0.3, -0.25) is 0 Å². The smallest absolute Gasteiger partial charge is 0.206 e. The third-order valence-corrected chi connectivity index (χ3v) is 4.39. The van der Waals surface area contributed by atoms with Gasteiger partial charge in [-0.1, -0.05) is 13.8 Å². The number of alkyl halides is 7. The summed E-state index contributed by atoms with van der Waals surface area (Å²) in [4.78, 5) is 0. The van der Waals surface area contributed by atoms with Gasteiger partial charge in [-0.05, 0) is 26.7 Å². The van der Waals surface area contributed by atoms with Gasteiger partial charge >= 0.3 is 6.18 Å². The maximum absolute atomic E-state index is 14.3. The van der Waals surface area contributed by atoms with Crippen molar-refractivity contribution >= 4 is 0 Å². The molecule has 0 aliphatic heterocycles. The van der Waals surface area contributed by atoms with E-state index < -0.39 is 41.7 Å². The second-order valence-corrected chi connectivity index (χ2v) is 5.33. The molecule has 0 saturated carbocycles. The number of rotatable bonds is 5. The molecule has 0 fully saturated rings. The highest BCUT2D eigenvalue weighted by Crippen LogP contribution is 2.63. The zero-order valence-corrected chi connectivity index (χ0v) is 11.6. The Balaban J connectivity index is 6.09. The first-order valence-corrected chi connectivity index (χ1v) is 5.94. The molecule has 0 radical (unpaired) electrons. The molecule has 0 bridgehead atoms. The largest absolute Gasteiger partial charge is 0.400 e. The molecule has 7 heteroatoms. The van der Waals surface area contributed by atoms with Gasteiger partial charge in [0.25, 0.3) is 11.8 Å². The van der Waals surface area contributed by atoms with Crippen LogP contribution in [0.15, 0.2) is 0 Å². The van der Waals surface area contributed by atoms with E-state index in [0.29, 0.717) is 13.8 Å². The van der Waals surface area contributed by atoms with Crippen molar-refractivity contribution in [3.05, 3.63) is 0 Å². The standard InChI is InChI=1S/C12H19F7/c1-6-8(3,10(5,13)14)11(15,16)9(4,7-2)12(17,18)19/h6-7H2,1-5H3. The van der Waals surface area contributed by atoms with Gasteiger partial charge in [0.2, 0.25) is 0 Å². The Morgan fingerprint density at radius 2 is 0.947 bits per heavy atom. The molecular weight excluding hydrogens is 277 g/mol. The van der Waals surface area contributed by atoms with Crippen molar-refractivity contribution < 1.29 is 30.7 Å². The van der Waals surface area contributed by atoms with Crippen LogP contribution < -0.4 is 0 Å². The van der Waals surface area contributed by atoms with Gasteiger partial charge in [0, 0.05) is 6.92 Å². The molecule has 0 nitrogen and oxygen atoms in total. The highest BCUT2D eigenvalue weighted by Gasteiger charge is 2.75. The maximum atomic E-state index is 14.3. The fourth-order valence-corrected chi connectivity index (χ4v) is 2.02. The van der Waals surface area contributed by atoms with Crippen LogP contribution in [0.4, 0.5) is 30.7 Å². The van der Waals surface area contributed by atoms with Gasteiger partial charge in [-0.25, -0.2) is 17.6 Å². The van der Waals surface area contributed by atoms with Gasteiger partial charge in [-0.15, -0.1) is 0 Å². The predicted octanol–water partition coefficient (Wildman–Crippen LogP) is 5.67. The van der Waals surface area contributed by atoms with Gasteiger partial charge in [0.05, 0.1) is 5.41 Å². The Kier molecular flexibility index (Phi) is 4.68. The molecule has 2 unspecified atom stereocenters. The van der Waals surface area contributed by atoms with E-state index in [4.69, 9.17) is 0 Å². The first-order chi connectivity index (χ1) is 8.12. The quantitative estimate of drug-likeness (QED) is 0.573. The normalized spacial score (nSPS) is 20.8. The lowest BCUT2D eigenvalue weighted by Gasteiger charge is -2.49. The molecule has 0 N–H and O–H groups in total. The van der Waals surface area contributed by atoms with Crippen molar-refractivity contribution in [3.8, 4) is 0 Å². The minimum absolute atomic E-state index is 0.233. The Hall–Kier alpha value is -0.490. The topological polar surface area (TPSA) is 0 Å². The van der Waals surface area contributed by atoms with E-state index >= 15 is 0 Å². The minimum Gasteiger partial charge on any atom is -0.206 e. The first kappa shape index (κ1) is 18.5. The van der Waals surface area contributed by atoms with Crippen LogP contribution in [0.3, 0.4) is 0 Å². The molecule has 0 saturated heterocycles. The van der Waals surface area contributed by atoms with E-state index in [2.05, 4.69) is 0 Å². The first-order valence-electron chi connectivity index (χ1n) is 5.94. The predicted molar refractivity (Wildman–Crippen MR) is 58.4 cm³/mol. The van der Waals surface area contributed by atoms with Crippen LogP contribution in [0.5, 0.6) is 0 Å². The molecule has 0 aromatic heterocycles. The molecule has 0 aromatic carbocycles. The summed E-state index contributed by atoms with van der Waals surface area (Å²) in [6.45, 7) is 3.00. The second-order valence-electron chi connectivity index (χ2n) is 5.33. The van der Waals surface area contributed by atoms with Crippen LogP contribution in [-0.4, -0.2) is 18.0 Å². The Morgan fingerprint density at radius 3 is 1.11 bits per heavy atom. The SMILES string of the molecule is CCC(C)(C(C)(F)F)C(F)(F)C(C)(CC)C(F)(F)F. The van der Waals surface area contributed by atoms with E-state index in [1.54, 1.807) is 0 Å². The zero-order valence-electron chi connectivity index (χ0n) is 11.6. The van der Waals surface area contributed by atoms with Crippen LogP contribution in [0.25, 0.3) is 0 Å². The fraction of sp³-hybridized carbons (Fsp3) is 1.00. The van der Waals surface area contributed by atoms with Crippen molar-refractivity contribution in [1.82, 2.24) is 0 Å². The summed E-state index contributed by atoms with van der Waals surface area (Å²) in [7, 11) is 0. The summed E-state index contributed by atoms with van der Waals surface area (Å²) in [5, 5.41) is 0. The molecule has 0 rings (SSSR count). The van der Waals surface area contributed by atoms with Gasteiger partial charge in [0.1, 0.15) is 5.41 Å². The maximum Gasteiger partial charge on any atom is 0.400 e. The molecule has 0 spiro atoms. The number of hydrogen-bond donors (Lipinski definition) is 0. The summed E-state index contributed by atoms with van der Waals surface area (Å²) in [5.41, 5.74) is -6.56. The summed E-state index contributed by atoms with van der Waals surface area (Å²) in [6.07, 6.45) is -7.02. The van der Waals surface area contributed by atoms with E-state index in [1.165, 1.54) is 0 Å². The monoisotopic (exact) mass is 296 g/mol. The average molecular weight is 296 g/mol. The third kappa shape index (κ3) is 2.44. The van der Waals surface area contributed by atoms with Gasteiger partial charge < -0.3 is 0 Å². The van der Waals surface area contributed by atoms with Gasteiger partial charge in [0.15, 0.2) is 0 Å². The molecule has 2 atom stereocenters. The number of halogens is 7. The lowest BCUT2D eigenvalue weighted by molar-refractivity contribution is -0.349. The molecule has 0 amide bonds. The molecule has 0 aliphatic carbocycles. The highest BCUT2D eigenvalue weighted by atomic mass is 19.4. The summed E-state index contributed by atoms with van der Waals surface area (Å²) < 4.78 is 94.4. The van der Waals surface area contributed by atoms with Crippen molar-refractivity contribution in [3.63, 3.8) is 0 Å². The van der Waals surface area contributed by atoms with Crippen molar-refractivity contribution in [2.75, 3.05) is 0 Å². The van der Waals surface area contributed by atoms with Crippen molar-refractivity contribution in [2.45, 2.75) is 65.5 Å². The molecule has 0 heterocycles. The fourth-order valence-electron chi connectivity index (χ4n) is 2.02. The van der Waals surface area contributed by atoms with Crippen LogP contribution in [0, 0.1) is 10.8 Å². The lowest BCUT2D eigenvalue weighted by atomic mass is 9.63. The molecule has 19 heavy (non-hydrogen) atoms. The van der Waals surface area contributed by atoms with Crippen LogP contribution in [0.2, 0.25) is 0 Å². The second kappa shape index (κ2) is 4.81. The summed E-state index contributed by atoms with van der Waals surface area (Å²) in [5.74, 6) is -8.53. The molecule has 0 aromatic rings. The Bertz CT molecular complexity index is 285. The summed E-state index contributed by atoms with van der Waals surface area (Å²) >= 11 is 0. The Labute approximate surface area is 108 Å². The molecule has 0 aliphatic rings. The molecular formula is C12H19F7. The van der Waals surface area contributed by atoms with E-state index in [0.717, 1.165) is 13.8 Å². The van der Waals surface area contributed by atoms with E-state index in [1.807, 2.05) is 0 Å². The van der Waals surface area contributed by atoms with Crippen LogP contribution in [-0.2, 0) is 0 Å². The molecule has 116 valence electrons. The zero-order chi connectivity index (χ0) is 15.9. The van der Waals surface area contributed by atoms with E-state index in [-0.39, 0.29) is 6.92 Å². The van der Waals surface area contributed by atoms with Crippen LogP contribution in [0.1, 0.15) is 47.5 Å². The summed E-state index contributed by atoms with van der Waals surface area (Å²) in [6, 6.07) is 0. The third-order valence-electron chi connectivity index (χ3n) is 4.39. The van der Waals surface area contributed by atoms with Crippen molar-refractivity contribution in [2.24, 2.45) is 10.8 Å². The lowest BCUT2D eigenvalue weighted by Crippen LogP contribution is -2.62. The Morgan fingerprint density at radius 1 is 0.632 bits per heavy atom. The van der Waals surface area contributed by atoms with E-state index in [9.17, 15) is 30.7 Å².